The summed E-state index contributed by atoms with van der Waals surface area (Å²) >= 11 is 0. The van der Waals surface area contributed by atoms with Crippen LogP contribution in [0.25, 0.3) is 11.0 Å². The topological polar surface area (TPSA) is 59.8 Å². The first-order chi connectivity index (χ1) is 13.4. The monoisotopic (exact) mass is 379 g/mol. The lowest BCUT2D eigenvalue weighted by atomic mass is 10.1. The molecule has 146 valence electrons. The maximum Gasteiger partial charge on any atom is 0.336 e. The van der Waals surface area contributed by atoms with Gasteiger partial charge in [-0.2, -0.15) is 0 Å². The van der Waals surface area contributed by atoms with E-state index in [9.17, 15) is 9.59 Å². The van der Waals surface area contributed by atoms with Gasteiger partial charge in [-0.25, -0.2) is 4.79 Å². The van der Waals surface area contributed by atoms with Gasteiger partial charge in [-0.05, 0) is 51.0 Å². The molecule has 0 atom stereocenters. The second-order valence-corrected chi connectivity index (χ2v) is 7.20. The molecule has 0 radical (unpaired) electrons. The Hall–Kier alpha value is -3.08. The molecule has 0 aliphatic carbocycles. The van der Waals surface area contributed by atoms with E-state index in [1.165, 1.54) is 6.07 Å². The first-order valence-corrected chi connectivity index (χ1v) is 9.37. The molecular weight excluding hydrogens is 354 g/mol. The van der Waals surface area contributed by atoms with Gasteiger partial charge in [-0.1, -0.05) is 30.3 Å². The Kier molecular flexibility index (Phi) is 5.83. The fourth-order valence-electron chi connectivity index (χ4n) is 3.22. The predicted octanol–water partition coefficient (Wildman–Crippen LogP) is 4.23. The van der Waals surface area contributed by atoms with Crippen LogP contribution in [-0.2, 0) is 11.3 Å². The summed E-state index contributed by atoms with van der Waals surface area (Å²) in [7, 11) is 0. The molecule has 28 heavy (non-hydrogen) atoms. The van der Waals surface area contributed by atoms with Crippen molar-refractivity contribution in [1.29, 1.82) is 0 Å². The molecule has 0 saturated carbocycles. The number of ether oxygens (including phenoxy) is 1. The molecule has 0 aliphatic rings. The minimum atomic E-state index is -0.393. The summed E-state index contributed by atoms with van der Waals surface area (Å²) in [4.78, 5) is 26.3. The smallest absolute Gasteiger partial charge is 0.336 e. The summed E-state index contributed by atoms with van der Waals surface area (Å²) in [5.74, 6) is 0.446. The minimum Gasteiger partial charge on any atom is -0.483 e. The third kappa shape index (κ3) is 4.25. The van der Waals surface area contributed by atoms with Crippen LogP contribution >= 0.6 is 0 Å². The van der Waals surface area contributed by atoms with E-state index < -0.39 is 5.63 Å². The number of carbonyl (C=O) groups excluding carboxylic acids is 1. The standard InChI is InChI=1S/C23H25NO4/c1-15(2)24(13-18-8-6-5-7-9-18)21(25)14-27-20-11-10-19-16(3)12-22(26)28-23(19)17(20)4/h5-12,15H,13-14H2,1-4H3. The van der Waals surface area contributed by atoms with Crippen molar-refractivity contribution in [2.24, 2.45) is 0 Å². The number of amides is 1. The average molecular weight is 379 g/mol. The predicted molar refractivity (Wildman–Crippen MR) is 110 cm³/mol. The number of carbonyl (C=O) groups is 1. The zero-order valence-electron chi connectivity index (χ0n) is 16.7. The number of benzene rings is 2. The van der Waals surface area contributed by atoms with Crippen molar-refractivity contribution in [1.82, 2.24) is 4.90 Å². The van der Waals surface area contributed by atoms with Crippen molar-refractivity contribution in [2.45, 2.75) is 40.3 Å². The van der Waals surface area contributed by atoms with Gasteiger partial charge in [0.1, 0.15) is 11.3 Å². The molecule has 2 aromatic carbocycles. The van der Waals surface area contributed by atoms with Crippen LogP contribution in [0, 0.1) is 13.8 Å². The van der Waals surface area contributed by atoms with Gasteiger partial charge in [0.25, 0.3) is 5.91 Å². The van der Waals surface area contributed by atoms with E-state index >= 15 is 0 Å². The normalized spacial score (nSPS) is 11.0. The average Bonchev–Trinajstić information content (AvgIpc) is 2.66. The molecule has 0 fully saturated rings. The lowest BCUT2D eigenvalue weighted by Crippen LogP contribution is -2.39. The molecule has 3 aromatic rings. The molecule has 5 nitrogen and oxygen atoms in total. The molecule has 1 amide bonds. The second-order valence-electron chi connectivity index (χ2n) is 7.20. The Bertz CT molecular complexity index is 1040. The van der Waals surface area contributed by atoms with E-state index in [0.29, 0.717) is 23.4 Å². The summed E-state index contributed by atoms with van der Waals surface area (Å²) < 4.78 is 11.2. The number of nitrogens with zero attached hydrogens (tertiary/aromatic N) is 1. The number of fused-ring (bicyclic) bond motifs is 1. The zero-order chi connectivity index (χ0) is 20.3. The Morgan fingerprint density at radius 3 is 2.50 bits per heavy atom. The van der Waals surface area contributed by atoms with Crippen LogP contribution in [0.2, 0.25) is 0 Å². The number of rotatable bonds is 6. The van der Waals surface area contributed by atoms with Crippen LogP contribution in [0.5, 0.6) is 5.75 Å². The van der Waals surface area contributed by atoms with E-state index in [2.05, 4.69) is 0 Å². The van der Waals surface area contributed by atoms with Gasteiger partial charge in [-0.3, -0.25) is 4.79 Å². The summed E-state index contributed by atoms with van der Waals surface area (Å²) in [6.07, 6.45) is 0. The fourth-order valence-corrected chi connectivity index (χ4v) is 3.22. The van der Waals surface area contributed by atoms with Gasteiger partial charge in [0.15, 0.2) is 6.61 Å². The second kappa shape index (κ2) is 8.30. The molecule has 0 unspecified atom stereocenters. The van der Waals surface area contributed by atoms with Gasteiger partial charge < -0.3 is 14.1 Å². The highest BCUT2D eigenvalue weighted by Gasteiger charge is 2.19. The van der Waals surface area contributed by atoms with Crippen molar-refractivity contribution in [3.8, 4) is 5.75 Å². The molecular formula is C23H25NO4. The van der Waals surface area contributed by atoms with Crippen molar-refractivity contribution >= 4 is 16.9 Å². The Balaban J connectivity index is 1.77. The van der Waals surface area contributed by atoms with E-state index in [4.69, 9.17) is 9.15 Å². The molecule has 3 rings (SSSR count). The van der Waals surface area contributed by atoms with Crippen molar-refractivity contribution in [2.75, 3.05) is 6.61 Å². The van der Waals surface area contributed by atoms with E-state index in [0.717, 1.165) is 16.5 Å². The number of hydrogen-bond donors (Lipinski definition) is 0. The molecule has 5 heteroatoms. The third-order valence-electron chi connectivity index (χ3n) is 4.81. The Labute approximate surface area is 164 Å². The van der Waals surface area contributed by atoms with Crippen molar-refractivity contribution in [3.05, 3.63) is 75.6 Å². The van der Waals surface area contributed by atoms with Crippen LogP contribution in [-0.4, -0.2) is 23.5 Å². The van der Waals surface area contributed by atoms with Crippen molar-refractivity contribution in [3.63, 3.8) is 0 Å². The number of aryl methyl sites for hydroxylation is 2. The van der Waals surface area contributed by atoms with Gasteiger partial charge in [0, 0.05) is 29.6 Å². The largest absolute Gasteiger partial charge is 0.483 e. The van der Waals surface area contributed by atoms with Crippen LogP contribution in [0.3, 0.4) is 0 Å². The van der Waals surface area contributed by atoms with Crippen LogP contribution in [0.4, 0.5) is 0 Å². The SMILES string of the molecule is Cc1cc(=O)oc2c(C)c(OCC(=O)N(Cc3ccccc3)C(C)C)ccc12. The van der Waals surface area contributed by atoms with Crippen LogP contribution < -0.4 is 10.4 Å². The lowest BCUT2D eigenvalue weighted by Gasteiger charge is -2.27. The van der Waals surface area contributed by atoms with Gasteiger partial charge >= 0.3 is 5.63 Å². The van der Waals surface area contributed by atoms with Gasteiger partial charge in [0.2, 0.25) is 0 Å². The summed E-state index contributed by atoms with van der Waals surface area (Å²) in [5.41, 5.74) is 2.75. The maximum atomic E-state index is 12.8. The maximum absolute atomic E-state index is 12.8. The minimum absolute atomic E-state index is 0.0506. The van der Waals surface area contributed by atoms with Gasteiger partial charge in [0.05, 0.1) is 0 Å². The van der Waals surface area contributed by atoms with Crippen LogP contribution in [0.1, 0.15) is 30.5 Å². The molecule has 1 aromatic heterocycles. The molecule has 0 aliphatic heterocycles. The Morgan fingerprint density at radius 2 is 1.82 bits per heavy atom. The third-order valence-corrected chi connectivity index (χ3v) is 4.81. The highest BCUT2D eigenvalue weighted by molar-refractivity contribution is 5.85. The molecule has 0 saturated heterocycles. The summed E-state index contributed by atoms with van der Waals surface area (Å²) in [5, 5.41) is 0.865. The fraction of sp³-hybridized carbons (Fsp3) is 0.304. The summed E-state index contributed by atoms with van der Waals surface area (Å²) in [6.45, 7) is 8.12. The van der Waals surface area contributed by atoms with Gasteiger partial charge in [-0.15, -0.1) is 0 Å². The first kappa shape index (κ1) is 19.7. The van der Waals surface area contributed by atoms with Crippen LogP contribution in [0.15, 0.2) is 57.7 Å². The lowest BCUT2D eigenvalue weighted by molar-refractivity contribution is -0.135. The number of hydrogen-bond acceptors (Lipinski definition) is 4. The molecule has 0 N–H and O–H groups in total. The van der Waals surface area contributed by atoms with Crippen molar-refractivity contribution < 1.29 is 13.9 Å². The molecule has 1 heterocycles. The quantitative estimate of drug-likeness (QED) is 0.602. The zero-order valence-corrected chi connectivity index (χ0v) is 16.7. The Morgan fingerprint density at radius 1 is 1.11 bits per heavy atom. The highest BCUT2D eigenvalue weighted by Crippen LogP contribution is 2.28. The summed E-state index contributed by atoms with van der Waals surface area (Å²) in [6, 6.07) is 15.1. The van der Waals surface area contributed by atoms with E-state index in [1.807, 2.05) is 70.2 Å². The van der Waals surface area contributed by atoms with E-state index in [1.54, 1.807) is 4.90 Å². The molecule has 0 spiro atoms. The molecule has 0 bridgehead atoms. The van der Waals surface area contributed by atoms with E-state index in [-0.39, 0.29) is 18.6 Å². The first-order valence-electron chi connectivity index (χ1n) is 9.37. The highest BCUT2D eigenvalue weighted by atomic mass is 16.5.